The lowest BCUT2D eigenvalue weighted by molar-refractivity contribution is -0.116. The van der Waals surface area contributed by atoms with Gasteiger partial charge in [0.1, 0.15) is 21.1 Å². The van der Waals surface area contributed by atoms with Crippen molar-refractivity contribution in [3.63, 3.8) is 0 Å². The fourth-order valence-corrected chi connectivity index (χ4v) is 3.97. The van der Waals surface area contributed by atoms with Gasteiger partial charge < -0.3 is 15.2 Å². The first-order valence-electron chi connectivity index (χ1n) is 7.89. The monoisotopic (exact) mass is 374 g/mol. The summed E-state index contributed by atoms with van der Waals surface area (Å²) in [5.41, 5.74) is 1.33. The molecule has 1 saturated heterocycles. The van der Waals surface area contributed by atoms with E-state index in [9.17, 15) is 9.90 Å². The van der Waals surface area contributed by atoms with E-state index in [2.05, 4.69) is 5.32 Å². The van der Waals surface area contributed by atoms with Gasteiger partial charge in [-0.2, -0.15) is 0 Å². The number of ether oxygens (including phenoxy) is 1. The van der Waals surface area contributed by atoms with Crippen LogP contribution in [0.4, 0.5) is 11.4 Å². The molecule has 2 N–H and O–H groups in total. The maximum Gasteiger partial charge on any atom is 0.247 e. The molecule has 0 aliphatic carbocycles. The summed E-state index contributed by atoms with van der Waals surface area (Å²) < 4.78 is 5.95. The van der Waals surface area contributed by atoms with E-state index in [1.807, 2.05) is 37.3 Å². The number of carbonyl (C=O) groups excluding carboxylic acids is 1. The second-order valence-electron chi connectivity index (χ2n) is 5.37. The van der Waals surface area contributed by atoms with Gasteiger partial charge in [-0.05, 0) is 43.3 Å². The van der Waals surface area contributed by atoms with Gasteiger partial charge in [0.15, 0.2) is 0 Å². The highest BCUT2D eigenvalue weighted by Gasteiger charge is 2.37. The van der Waals surface area contributed by atoms with E-state index < -0.39 is 0 Å². The third kappa shape index (κ3) is 3.88. The average Bonchev–Trinajstić information content (AvgIpc) is 2.89. The van der Waals surface area contributed by atoms with Crippen molar-refractivity contribution in [1.29, 1.82) is 0 Å². The van der Waals surface area contributed by atoms with Crippen molar-refractivity contribution in [2.24, 2.45) is 0 Å². The minimum absolute atomic E-state index is 0.0675. The molecule has 1 aliphatic heterocycles. The number of anilines is 2. The van der Waals surface area contributed by atoms with Crippen LogP contribution in [0.3, 0.4) is 0 Å². The molecule has 1 aliphatic rings. The van der Waals surface area contributed by atoms with E-state index in [1.165, 1.54) is 11.8 Å². The van der Waals surface area contributed by atoms with Crippen LogP contribution in [0.2, 0.25) is 0 Å². The number of amides is 1. The zero-order valence-corrected chi connectivity index (χ0v) is 15.3. The summed E-state index contributed by atoms with van der Waals surface area (Å²) in [4.78, 5) is 14.3. The molecule has 2 aromatic rings. The van der Waals surface area contributed by atoms with Crippen molar-refractivity contribution < 1.29 is 14.6 Å². The van der Waals surface area contributed by atoms with Crippen molar-refractivity contribution in [2.45, 2.75) is 12.2 Å². The van der Waals surface area contributed by atoms with Gasteiger partial charge in [0.2, 0.25) is 5.91 Å². The van der Waals surface area contributed by atoms with Crippen LogP contribution >= 0.6 is 24.0 Å². The number of nitrogens with one attached hydrogen (secondary N) is 1. The molecule has 1 fully saturated rings. The van der Waals surface area contributed by atoms with Crippen molar-refractivity contribution in [3.8, 4) is 11.5 Å². The quantitative estimate of drug-likeness (QED) is 0.595. The van der Waals surface area contributed by atoms with Crippen LogP contribution in [0.5, 0.6) is 11.5 Å². The van der Waals surface area contributed by atoms with Gasteiger partial charge in [0.25, 0.3) is 0 Å². The summed E-state index contributed by atoms with van der Waals surface area (Å²) in [6, 6.07) is 14.2. The lowest BCUT2D eigenvalue weighted by atomic mass is 10.2. The molecular formula is C18H18N2O3S2. The first-order valence-corrected chi connectivity index (χ1v) is 9.18. The average molecular weight is 374 g/mol. The Labute approximate surface area is 156 Å². The van der Waals surface area contributed by atoms with E-state index in [1.54, 1.807) is 23.1 Å². The van der Waals surface area contributed by atoms with Gasteiger partial charge in [0.05, 0.1) is 18.0 Å². The molecule has 0 radical (unpaired) electrons. The van der Waals surface area contributed by atoms with Gasteiger partial charge in [-0.3, -0.25) is 9.69 Å². The number of benzene rings is 2. The lowest BCUT2D eigenvalue weighted by Crippen LogP contribution is -2.33. The van der Waals surface area contributed by atoms with Crippen LogP contribution in [0.25, 0.3) is 0 Å². The second kappa shape index (κ2) is 7.76. The van der Waals surface area contributed by atoms with E-state index in [0.29, 0.717) is 23.2 Å². The molecule has 130 valence electrons. The Balaban J connectivity index is 1.68. The number of nitrogens with zero attached hydrogens (tertiary/aromatic N) is 1. The molecule has 0 spiro atoms. The number of hydrogen-bond acceptors (Lipinski definition) is 6. The van der Waals surface area contributed by atoms with Crippen LogP contribution < -0.4 is 15.0 Å². The van der Waals surface area contributed by atoms with Crippen molar-refractivity contribution in [1.82, 2.24) is 0 Å². The molecule has 0 aromatic heterocycles. The molecule has 25 heavy (non-hydrogen) atoms. The van der Waals surface area contributed by atoms with Gasteiger partial charge in [-0.1, -0.05) is 36.1 Å². The number of rotatable bonds is 6. The summed E-state index contributed by atoms with van der Waals surface area (Å²) in [7, 11) is 0. The number of aromatic hydroxyl groups is 1. The third-order valence-corrected chi connectivity index (χ3v) is 5.22. The van der Waals surface area contributed by atoms with Crippen molar-refractivity contribution >= 4 is 45.6 Å². The van der Waals surface area contributed by atoms with Crippen LogP contribution in [-0.2, 0) is 4.79 Å². The fraction of sp³-hybridized carbons (Fsp3) is 0.222. The molecule has 7 heteroatoms. The summed E-state index contributed by atoms with van der Waals surface area (Å²) in [6.45, 7) is 2.90. The van der Waals surface area contributed by atoms with E-state index in [0.717, 1.165) is 11.4 Å². The molecule has 0 saturated carbocycles. The van der Waals surface area contributed by atoms with Crippen LogP contribution in [0.15, 0.2) is 48.5 Å². The highest BCUT2D eigenvalue weighted by Crippen LogP contribution is 2.33. The zero-order valence-electron chi connectivity index (χ0n) is 13.6. The van der Waals surface area contributed by atoms with E-state index in [4.69, 9.17) is 17.0 Å². The molecule has 0 bridgehead atoms. The van der Waals surface area contributed by atoms with E-state index >= 15 is 0 Å². The molecule has 2 aromatic carbocycles. The smallest absolute Gasteiger partial charge is 0.247 e. The standard InChI is InChI=1S/C18H18N2O3S2/c1-2-23-13-9-7-12(8-10-13)20-17(22)16(25-18(20)24)11-19-14-5-3-4-6-15(14)21/h3-10,16,19,21H,2,11H2,1H3. The van der Waals surface area contributed by atoms with Gasteiger partial charge in [0, 0.05) is 6.54 Å². The molecular weight excluding hydrogens is 356 g/mol. The summed E-state index contributed by atoms with van der Waals surface area (Å²) in [5, 5.41) is 12.6. The number of thioether (sulfide) groups is 1. The largest absolute Gasteiger partial charge is 0.506 e. The summed E-state index contributed by atoms with van der Waals surface area (Å²) >= 11 is 6.73. The van der Waals surface area contributed by atoms with Crippen LogP contribution in [0, 0.1) is 0 Å². The SMILES string of the molecule is CCOc1ccc(N2C(=O)C(CNc3ccccc3O)SC2=S)cc1. The summed E-state index contributed by atoms with van der Waals surface area (Å²) in [6.07, 6.45) is 0. The molecule has 1 unspecified atom stereocenters. The van der Waals surface area contributed by atoms with Crippen molar-refractivity contribution in [3.05, 3.63) is 48.5 Å². The maximum atomic E-state index is 12.7. The number of para-hydroxylation sites is 2. The van der Waals surface area contributed by atoms with Crippen LogP contribution in [0.1, 0.15) is 6.92 Å². The predicted octanol–water partition coefficient (Wildman–Crippen LogP) is 3.64. The topological polar surface area (TPSA) is 61.8 Å². The van der Waals surface area contributed by atoms with E-state index in [-0.39, 0.29) is 16.9 Å². The summed E-state index contributed by atoms with van der Waals surface area (Å²) in [5.74, 6) is 0.847. The Hall–Kier alpha value is -2.25. The molecule has 1 amide bonds. The third-order valence-electron chi connectivity index (χ3n) is 3.71. The minimum Gasteiger partial charge on any atom is -0.506 e. The Morgan fingerprint density at radius 2 is 1.96 bits per heavy atom. The van der Waals surface area contributed by atoms with Gasteiger partial charge in [-0.15, -0.1) is 0 Å². The Morgan fingerprint density at radius 3 is 2.64 bits per heavy atom. The van der Waals surface area contributed by atoms with Gasteiger partial charge in [-0.25, -0.2) is 0 Å². The van der Waals surface area contributed by atoms with Crippen molar-refractivity contribution in [2.75, 3.05) is 23.4 Å². The minimum atomic E-state index is -0.335. The molecule has 3 rings (SSSR count). The maximum absolute atomic E-state index is 12.7. The first-order chi connectivity index (χ1) is 12.1. The number of carbonyl (C=O) groups is 1. The molecule has 1 atom stereocenters. The Bertz CT molecular complexity index is 780. The number of phenols is 1. The van der Waals surface area contributed by atoms with Gasteiger partial charge >= 0.3 is 0 Å². The fourth-order valence-electron chi connectivity index (χ4n) is 2.50. The number of hydrogen-bond donors (Lipinski definition) is 2. The molecule has 5 nitrogen and oxygen atoms in total. The Morgan fingerprint density at radius 1 is 1.24 bits per heavy atom. The first kappa shape index (κ1) is 17.6. The van der Waals surface area contributed by atoms with Crippen LogP contribution in [-0.4, -0.2) is 33.7 Å². The lowest BCUT2D eigenvalue weighted by Gasteiger charge is -2.16. The zero-order chi connectivity index (χ0) is 17.8. The highest BCUT2D eigenvalue weighted by molar-refractivity contribution is 8.25. The predicted molar refractivity (Wildman–Crippen MR) is 106 cm³/mol. The highest BCUT2D eigenvalue weighted by atomic mass is 32.2. The molecule has 1 heterocycles. The Kier molecular flexibility index (Phi) is 5.45. The normalized spacial score (nSPS) is 17.0. The number of thiocarbonyl (C=S) groups is 1. The second-order valence-corrected chi connectivity index (χ2v) is 7.21. The number of phenolic OH excluding ortho intramolecular Hbond substituents is 1.